The first-order chi connectivity index (χ1) is 7.61. The van der Waals surface area contributed by atoms with Crippen LogP contribution in [0.25, 0.3) is 0 Å². The monoisotopic (exact) mass is 291 g/mol. The van der Waals surface area contributed by atoms with Gasteiger partial charge in [0.25, 0.3) is 0 Å². The van der Waals surface area contributed by atoms with Crippen LogP contribution in [0.15, 0.2) is 10.5 Å². The average Bonchev–Trinajstić information content (AvgIpc) is 2.27. The molecule has 0 aromatic heterocycles. The van der Waals surface area contributed by atoms with Crippen molar-refractivity contribution in [3.63, 3.8) is 0 Å². The van der Waals surface area contributed by atoms with Crippen molar-refractivity contribution >= 4 is 15.9 Å². The lowest BCUT2D eigenvalue weighted by Crippen LogP contribution is -2.01. The van der Waals surface area contributed by atoms with Crippen molar-refractivity contribution in [3.05, 3.63) is 21.9 Å². The highest BCUT2D eigenvalue weighted by Crippen LogP contribution is 2.36. The zero-order valence-corrected chi connectivity index (χ0v) is 10.7. The lowest BCUT2D eigenvalue weighted by molar-refractivity contribution is 0.358. The normalized spacial score (nSPS) is 10.5. The standard InChI is InChI=1S/C11H15BrFNO2/c1-16-11-7(4-2-3-5-14)6-8(12)10(15)9(11)13/h6,15H,2-5,14H2,1H3. The van der Waals surface area contributed by atoms with Crippen LogP contribution in [-0.4, -0.2) is 18.8 Å². The number of phenols is 1. The number of halogens is 2. The third-order valence-electron chi connectivity index (χ3n) is 2.33. The van der Waals surface area contributed by atoms with Crippen molar-refractivity contribution in [1.82, 2.24) is 0 Å². The van der Waals surface area contributed by atoms with E-state index in [-0.39, 0.29) is 5.75 Å². The molecule has 90 valence electrons. The predicted molar refractivity (Wildman–Crippen MR) is 64.3 cm³/mol. The lowest BCUT2D eigenvalue weighted by atomic mass is 10.1. The van der Waals surface area contributed by atoms with Gasteiger partial charge in [0.15, 0.2) is 11.5 Å². The largest absolute Gasteiger partial charge is 0.504 e. The maximum absolute atomic E-state index is 13.6. The van der Waals surface area contributed by atoms with Gasteiger partial charge in [-0.15, -0.1) is 0 Å². The number of rotatable bonds is 5. The summed E-state index contributed by atoms with van der Waals surface area (Å²) in [4.78, 5) is 0. The Bertz CT molecular complexity index is 371. The van der Waals surface area contributed by atoms with E-state index in [9.17, 15) is 9.50 Å². The second kappa shape index (κ2) is 6.06. The number of hydrogen-bond donors (Lipinski definition) is 2. The first kappa shape index (κ1) is 13.3. The smallest absolute Gasteiger partial charge is 0.208 e. The molecule has 0 amide bonds. The van der Waals surface area contributed by atoms with Crippen LogP contribution in [0.5, 0.6) is 11.5 Å². The van der Waals surface area contributed by atoms with Crippen molar-refractivity contribution in [3.8, 4) is 11.5 Å². The molecule has 3 nitrogen and oxygen atoms in total. The number of methoxy groups -OCH3 is 1. The third kappa shape index (κ3) is 2.86. The molecular formula is C11H15BrFNO2. The van der Waals surface area contributed by atoms with E-state index in [2.05, 4.69) is 15.9 Å². The van der Waals surface area contributed by atoms with E-state index in [4.69, 9.17) is 10.5 Å². The molecule has 1 aromatic carbocycles. The van der Waals surface area contributed by atoms with Gasteiger partial charge >= 0.3 is 0 Å². The summed E-state index contributed by atoms with van der Waals surface area (Å²) in [5, 5.41) is 9.39. The number of unbranched alkanes of at least 4 members (excludes halogenated alkanes) is 1. The Morgan fingerprint density at radius 1 is 1.50 bits per heavy atom. The Labute approximate surface area is 103 Å². The zero-order chi connectivity index (χ0) is 12.1. The van der Waals surface area contributed by atoms with Gasteiger partial charge in [0.2, 0.25) is 5.82 Å². The summed E-state index contributed by atoms with van der Waals surface area (Å²) in [6.45, 7) is 0.615. The fourth-order valence-electron chi connectivity index (χ4n) is 1.51. The molecule has 1 rings (SSSR count). The highest BCUT2D eigenvalue weighted by atomic mass is 79.9. The maximum atomic E-state index is 13.6. The minimum absolute atomic E-state index is 0.109. The molecule has 0 heterocycles. The van der Waals surface area contributed by atoms with E-state index in [0.29, 0.717) is 17.4 Å². The topological polar surface area (TPSA) is 55.5 Å². The number of phenolic OH excluding ortho intramolecular Hbond substituents is 1. The minimum atomic E-state index is -0.723. The number of aryl methyl sites for hydroxylation is 1. The van der Waals surface area contributed by atoms with Crippen molar-refractivity contribution in [1.29, 1.82) is 0 Å². The lowest BCUT2D eigenvalue weighted by Gasteiger charge is -2.11. The first-order valence-electron chi connectivity index (χ1n) is 5.05. The third-order valence-corrected chi connectivity index (χ3v) is 2.93. The van der Waals surface area contributed by atoms with Crippen LogP contribution in [-0.2, 0) is 6.42 Å². The Morgan fingerprint density at radius 3 is 2.75 bits per heavy atom. The van der Waals surface area contributed by atoms with E-state index in [0.717, 1.165) is 18.4 Å². The van der Waals surface area contributed by atoms with Crippen molar-refractivity contribution in [2.24, 2.45) is 5.73 Å². The first-order valence-corrected chi connectivity index (χ1v) is 5.85. The van der Waals surface area contributed by atoms with Crippen LogP contribution in [0, 0.1) is 5.82 Å². The molecule has 0 radical (unpaired) electrons. The highest BCUT2D eigenvalue weighted by Gasteiger charge is 2.16. The van der Waals surface area contributed by atoms with E-state index in [1.165, 1.54) is 7.11 Å². The van der Waals surface area contributed by atoms with Crippen LogP contribution in [0.4, 0.5) is 4.39 Å². The van der Waals surface area contributed by atoms with Crippen molar-refractivity contribution in [2.45, 2.75) is 19.3 Å². The van der Waals surface area contributed by atoms with Crippen molar-refractivity contribution in [2.75, 3.05) is 13.7 Å². The van der Waals surface area contributed by atoms with Crippen LogP contribution in [0.3, 0.4) is 0 Å². The van der Waals surface area contributed by atoms with E-state index >= 15 is 0 Å². The molecule has 1 aromatic rings. The fourth-order valence-corrected chi connectivity index (χ4v) is 1.96. The molecule has 0 spiro atoms. The summed E-state index contributed by atoms with van der Waals surface area (Å²) in [6, 6.07) is 1.67. The molecular weight excluding hydrogens is 277 g/mol. The SMILES string of the molecule is COc1c(CCCCN)cc(Br)c(O)c1F. The molecule has 0 aliphatic carbocycles. The fraction of sp³-hybridized carbons (Fsp3) is 0.455. The second-order valence-corrected chi connectivity index (χ2v) is 4.31. The summed E-state index contributed by atoms with van der Waals surface area (Å²) < 4.78 is 18.9. The summed E-state index contributed by atoms with van der Waals surface area (Å²) in [5.41, 5.74) is 6.13. The van der Waals surface area contributed by atoms with Gasteiger partial charge in [-0.05, 0) is 53.4 Å². The van der Waals surface area contributed by atoms with Gasteiger partial charge in [0, 0.05) is 0 Å². The van der Waals surface area contributed by atoms with Crippen LogP contribution in [0.2, 0.25) is 0 Å². The van der Waals surface area contributed by atoms with Crippen LogP contribution >= 0.6 is 15.9 Å². The highest BCUT2D eigenvalue weighted by molar-refractivity contribution is 9.10. The van der Waals surface area contributed by atoms with Gasteiger partial charge in [-0.2, -0.15) is 4.39 Å². The Kier molecular flexibility index (Phi) is 5.02. The zero-order valence-electron chi connectivity index (χ0n) is 9.09. The van der Waals surface area contributed by atoms with Gasteiger partial charge in [-0.3, -0.25) is 0 Å². The van der Waals surface area contributed by atoms with Gasteiger partial charge in [-0.25, -0.2) is 0 Å². The molecule has 5 heteroatoms. The van der Waals surface area contributed by atoms with Gasteiger partial charge in [0.05, 0.1) is 11.6 Å². The Balaban J connectivity index is 2.98. The van der Waals surface area contributed by atoms with Crippen LogP contribution in [0.1, 0.15) is 18.4 Å². The number of nitrogens with two attached hydrogens (primary N) is 1. The molecule has 16 heavy (non-hydrogen) atoms. The minimum Gasteiger partial charge on any atom is -0.504 e. The summed E-state index contributed by atoms with van der Waals surface area (Å²) in [7, 11) is 1.39. The van der Waals surface area contributed by atoms with E-state index in [1.807, 2.05) is 0 Å². The summed E-state index contributed by atoms with van der Waals surface area (Å²) in [6.07, 6.45) is 2.42. The van der Waals surface area contributed by atoms with E-state index < -0.39 is 11.6 Å². The second-order valence-electron chi connectivity index (χ2n) is 3.46. The number of aromatic hydroxyl groups is 1. The Morgan fingerprint density at radius 2 is 2.19 bits per heavy atom. The van der Waals surface area contributed by atoms with Crippen molar-refractivity contribution < 1.29 is 14.2 Å². The molecule has 0 saturated carbocycles. The maximum Gasteiger partial charge on any atom is 0.208 e. The molecule has 0 bridgehead atoms. The summed E-state index contributed by atoms with van der Waals surface area (Å²) >= 11 is 3.10. The van der Waals surface area contributed by atoms with Gasteiger partial charge in [0.1, 0.15) is 0 Å². The van der Waals surface area contributed by atoms with Gasteiger partial charge in [-0.1, -0.05) is 0 Å². The molecule has 0 saturated heterocycles. The molecule has 3 N–H and O–H groups in total. The number of benzene rings is 1. The van der Waals surface area contributed by atoms with Gasteiger partial charge < -0.3 is 15.6 Å². The molecule has 0 atom stereocenters. The summed E-state index contributed by atoms with van der Waals surface area (Å²) in [5.74, 6) is -1.03. The quantitative estimate of drug-likeness (QED) is 0.820. The molecule has 0 aliphatic heterocycles. The molecule has 0 unspecified atom stereocenters. The molecule has 0 fully saturated rings. The van der Waals surface area contributed by atoms with E-state index in [1.54, 1.807) is 6.07 Å². The molecule has 0 aliphatic rings. The predicted octanol–water partition coefficient (Wildman–Crippen LogP) is 2.58. The Hall–Kier alpha value is -0.810. The van der Waals surface area contributed by atoms with Crippen LogP contribution < -0.4 is 10.5 Å². The average molecular weight is 292 g/mol. The number of hydrogen-bond acceptors (Lipinski definition) is 3. The number of ether oxygens (including phenoxy) is 1.